The van der Waals surface area contributed by atoms with E-state index < -0.39 is 0 Å². The monoisotopic (exact) mass is 383 g/mol. The molecule has 0 unspecified atom stereocenters. The van der Waals surface area contributed by atoms with Crippen LogP contribution >= 0.6 is 22.9 Å². The average molecular weight is 384 g/mol. The Morgan fingerprint density at radius 3 is 2.62 bits per heavy atom. The van der Waals surface area contributed by atoms with Gasteiger partial charge in [-0.15, -0.1) is 16.4 Å². The van der Waals surface area contributed by atoms with Crippen LogP contribution in [0.5, 0.6) is 6.08 Å². The van der Waals surface area contributed by atoms with Crippen LogP contribution in [0.3, 0.4) is 0 Å². The Morgan fingerprint density at radius 1 is 1.00 bits per heavy atom. The fourth-order valence-corrected chi connectivity index (χ4v) is 3.31. The van der Waals surface area contributed by atoms with Crippen LogP contribution in [0.4, 0.5) is 0 Å². The molecule has 2 aromatic heterocycles. The van der Waals surface area contributed by atoms with Gasteiger partial charge in [-0.1, -0.05) is 47.0 Å². The first-order valence-electron chi connectivity index (χ1n) is 7.96. The lowest BCUT2D eigenvalue weighted by Gasteiger charge is -1.99. The SMILES string of the molecule is Clc1ccc(Cc2nc(COc3nnc(-c4ccccc4)o3)cs2)cc1. The molecule has 0 saturated heterocycles. The van der Waals surface area contributed by atoms with Gasteiger partial charge in [0.25, 0.3) is 5.89 Å². The number of halogens is 1. The molecule has 0 bridgehead atoms. The van der Waals surface area contributed by atoms with Crippen molar-refractivity contribution in [2.75, 3.05) is 0 Å². The van der Waals surface area contributed by atoms with Crippen LogP contribution in [0.25, 0.3) is 11.5 Å². The van der Waals surface area contributed by atoms with Crippen LogP contribution in [0.2, 0.25) is 5.02 Å². The van der Waals surface area contributed by atoms with E-state index in [2.05, 4.69) is 15.2 Å². The Hall–Kier alpha value is -2.70. The van der Waals surface area contributed by atoms with Crippen molar-refractivity contribution in [3.8, 4) is 17.5 Å². The molecule has 2 heterocycles. The number of rotatable bonds is 6. The Labute approximate surface area is 159 Å². The topological polar surface area (TPSA) is 61.0 Å². The Balaban J connectivity index is 1.36. The van der Waals surface area contributed by atoms with Crippen molar-refractivity contribution in [2.24, 2.45) is 0 Å². The fourth-order valence-electron chi connectivity index (χ4n) is 2.37. The summed E-state index contributed by atoms with van der Waals surface area (Å²) >= 11 is 7.50. The number of ether oxygens (including phenoxy) is 1. The summed E-state index contributed by atoms with van der Waals surface area (Å²) in [6.45, 7) is 0.285. The molecule has 0 fully saturated rings. The summed E-state index contributed by atoms with van der Waals surface area (Å²) in [6, 6.07) is 17.3. The molecular formula is C19H14ClN3O2S. The van der Waals surface area contributed by atoms with Crippen molar-refractivity contribution < 1.29 is 9.15 Å². The lowest BCUT2D eigenvalue weighted by Crippen LogP contribution is -1.96. The van der Waals surface area contributed by atoms with E-state index in [4.69, 9.17) is 20.8 Å². The van der Waals surface area contributed by atoms with E-state index in [0.717, 1.165) is 27.7 Å². The molecule has 4 rings (SSSR count). The van der Waals surface area contributed by atoms with Gasteiger partial charge in [0.05, 0.1) is 10.7 Å². The Morgan fingerprint density at radius 2 is 1.81 bits per heavy atom. The summed E-state index contributed by atoms with van der Waals surface area (Å²) < 4.78 is 11.1. The zero-order valence-electron chi connectivity index (χ0n) is 13.6. The van der Waals surface area contributed by atoms with Crippen LogP contribution < -0.4 is 4.74 Å². The van der Waals surface area contributed by atoms with Gasteiger partial charge < -0.3 is 9.15 Å². The van der Waals surface area contributed by atoms with Gasteiger partial charge >= 0.3 is 6.08 Å². The summed E-state index contributed by atoms with van der Waals surface area (Å²) in [5.74, 6) is 0.433. The number of thiazole rings is 1. The molecule has 2 aromatic carbocycles. The number of aromatic nitrogens is 3. The number of nitrogens with zero attached hydrogens (tertiary/aromatic N) is 3. The van der Waals surface area contributed by atoms with Crippen molar-refractivity contribution in [2.45, 2.75) is 13.0 Å². The van der Waals surface area contributed by atoms with E-state index in [0.29, 0.717) is 5.89 Å². The molecule has 7 heteroatoms. The lowest BCUT2D eigenvalue weighted by atomic mass is 10.2. The third-order valence-electron chi connectivity index (χ3n) is 3.64. The molecule has 0 atom stereocenters. The van der Waals surface area contributed by atoms with E-state index >= 15 is 0 Å². The second-order valence-electron chi connectivity index (χ2n) is 5.56. The van der Waals surface area contributed by atoms with E-state index in [1.807, 2.05) is 60.0 Å². The van der Waals surface area contributed by atoms with Crippen LogP contribution in [0.1, 0.15) is 16.3 Å². The minimum absolute atomic E-state index is 0.135. The van der Waals surface area contributed by atoms with Crippen molar-refractivity contribution in [3.05, 3.63) is 81.3 Å². The first-order valence-corrected chi connectivity index (χ1v) is 9.21. The van der Waals surface area contributed by atoms with Crippen LogP contribution in [0.15, 0.2) is 64.4 Å². The normalized spacial score (nSPS) is 10.8. The summed E-state index contributed by atoms with van der Waals surface area (Å²) in [5.41, 5.74) is 2.85. The van der Waals surface area contributed by atoms with Gasteiger partial charge in [0.2, 0.25) is 0 Å². The number of hydrogen-bond donors (Lipinski definition) is 0. The van der Waals surface area contributed by atoms with Gasteiger partial charge in [-0.2, -0.15) is 0 Å². The third-order valence-corrected chi connectivity index (χ3v) is 4.79. The number of benzene rings is 2. The van der Waals surface area contributed by atoms with Gasteiger partial charge in [-0.05, 0) is 29.8 Å². The maximum atomic E-state index is 5.91. The minimum atomic E-state index is 0.135. The van der Waals surface area contributed by atoms with Crippen LogP contribution in [-0.2, 0) is 13.0 Å². The van der Waals surface area contributed by atoms with Gasteiger partial charge in [-0.25, -0.2) is 4.98 Å². The molecule has 0 aliphatic heterocycles. The van der Waals surface area contributed by atoms with Crippen molar-refractivity contribution >= 4 is 22.9 Å². The summed E-state index contributed by atoms with van der Waals surface area (Å²) in [7, 11) is 0. The second kappa shape index (κ2) is 7.68. The highest BCUT2D eigenvalue weighted by atomic mass is 35.5. The van der Waals surface area contributed by atoms with E-state index in [9.17, 15) is 0 Å². The second-order valence-corrected chi connectivity index (χ2v) is 6.94. The molecule has 0 amide bonds. The quantitative estimate of drug-likeness (QED) is 0.468. The first-order chi connectivity index (χ1) is 12.8. The predicted octanol–water partition coefficient (Wildman–Crippen LogP) is 5.02. The fraction of sp³-hybridized carbons (Fsp3) is 0.105. The highest BCUT2D eigenvalue weighted by Crippen LogP contribution is 2.22. The van der Waals surface area contributed by atoms with Crippen LogP contribution in [-0.4, -0.2) is 15.2 Å². The Kier molecular flexibility index (Phi) is 4.95. The largest absolute Gasteiger partial charge is 0.442 e. The molecule has 0 radical (unpaired) electrons. The molecule has 0 aliphatic rings. The van der Waals surface area contributed by atoms with E-state index in [1.165, 1.54) is 5.56 Å². The molecule has 0 spiro atoms. The minimum Gasteiger partial charge on any atom is -0.442 e. The summed E-state index contributed by atoms with van der Waals surface area (Å²) in [6.07, 6.45) is 0.900. The molecule has 130 valence electrons. The summed E-state index contributed by atoms with van der Waals surface area (Å²) in [5, 5.41) is 11.6. The van der Waals surface area contributed by atoms with E-state index in [1.54, 1.807) is 11.3 Å². The van der Waals surface area contributed by atoms with Gasteiger partial charge in [-0.3, -0.25) is 0 Å². The highest BCUT2D eigenvalue weighted by Gasteiger charge is 2.10. The van der Waals surface area contributed by atoms with Gasteiger partial charge in [0.15, 0.2) is 0 Å². The molecule has 5 nitrogen and oxygen atoms in total. The predicted molar refractivity (Wildman–Crippen MR) is 100 cm³/mol. The molecule has 4 aromatic rings. The zero-order valence-corrected chi connectivity index (χ0v) is 15.2. The zero-order chi connectivity index (χ0) is 17.8. The smallest absolute Gasteiger partial charge is 0.415 e. The highest BCUT2D eigenvalue weighted by molar-refractivity contribution is 7.09. The third kappa shape index (κ3) is 4.09. The summed E-state index contributed by atoms with van der Waals surface area (Å²) in [4.78, 5) is 4.58. The van der Waals surface area contributed by atoms with Gasteiger partial charge in [0.1, 0.15) is 6.61 Å². The standard InChI is InChI=1S/C19H14ClN3O2S/c20-15-8-6-13(7-9-15)10-17-21-16(12-26-17)11-24-19-23-22-18(25-19)14-4-2-1-3-5-14/h1-9,12H,10-11H2. The molecule has 0 saturated carbocycles. The lowest BCUT2D eigenvalue weighted by molar-refractivity contribution is 0.219. The van der Waals surface area contributed by atoms with Crippen molar-refractivity contribution in [1.29, 1.82) is 0 Å². The average Bonchev–Trinajstić information content (AvgIpc) is 3.32. The molecule has 0 aliphatic carbocycles. The van der Waals surface area contributed by atoms with Gasteiger partial charge in [0, 0.05) is 22.4 Å². The van der Waals surface area contributed by atoms with Crippen molar-refractivity contribution in [3.63, 3.8) is 0 Å². The van der Waals surface area contributed by atoms with E-state index in [-0.39, 0.29) is 12.7 Å². The molecule has 26 heavy (non-hydrogen) atoms. The molecular weight excluding hydrogens is 370 g/mol. The first kappa shape index (κ1) is 16.8. The van der Waals surface area contributed by atoms with Crippen molar-refractivity contribution in [1.82, 2.24) is 15.2 Å². The maximum absolute atomic E-state index is 5.91. The van der Waals surface area contributed by atoms with Crippen LogP contribution in [0, 0.1) is 0 Å². The maximum Gasteiger partial charge on any atom is 0.415 e. The molecule has 0 N–H and O–H groups in total. The Bertz CT molecular complexity index is 983. The number of hydrogen-bond acceptors (Lipinski definition) is 6.